The topological polar surface area (TPSA) is 128 Å². The maximum atomic E-state index is 15.1. The van der Waals surface area contributed by atoms with Gasteiger partial charge in [-0.15, -0.1) is 0 Å². The van der Waals surface area contributed by atoms with Gasteiger partial charge < -0.3 is 9.47 Å². The number of esters is 1. The lowest BCUT2D eigenvalue weighted by molar-refractivity contribution is -0.171. The predicted octanol–water partition coefficient (Wildman–Crippen LogP) is 1.93. The van der Waals surface area contributed by atoms with Crippen LogP contribution in [0.4, 0.5) is 10.3 Å². The number of carbonyl (C=O) groups excluding carboxylic acids is 2. The molecule has 0 bridgehead atoms. The number of aromatic nitrogens is 4. The van der Waals surface area contributed by atoms with Crippen LogP contribution in [-0.4, -0.2) is 49.3 Å². The number of halogens is 1. The van der Waals surface area contributed by atoms with E-state index in [0.717, 1.165) is 0 Å². The van der Waals surface area contributed by atoms with Gasteiger partial charge in [0.2, 0.25) is 11.9 Å². The number of imidazole rings is 1. The maximum Gasteiger partial charge on any atom is 0.336 e. The molecule has 1 amide bonds. The van der Waals surface area contributed by atoms with E-state index in [0.29, 0.717) is 0 Å². The number of nitrogens with one attached hydrogen (secondary N) is 2. The summed E-state index contributed by atoms with van der Waals surface area (Å²) in [6.45, 7) is 10.1. The molecular weight excluding hydrogens is 397 g/mol. The summed E-state index contributed by atoms with van der Waals surface area (Å²) in [6, 6.07) is 0. The Morgan fingerprint density at radius 3 is 2.63 bits per heavy atom. The number of hydrogen-bond acceptors (Lipinski definition) is 7. The molecule has 0 aliphatic carbocycles. The fraction of sp³-hybridized carbons (Fsp3) is 0.632. The van der Waals surface area contributed by atoms with Crippen LogP contribution >= 0.6 is 0 Å². The Morgan fingerprint density at radius 1 is 1.37 bits per heavy atom. The third-order valence-electron chi connectivity index (χ3n) is 4.65. The van der Waals surface area contributed by atoms with E-state index in [1.807, 2.05) is 0 Å². The van der Waals surface area contributed by atoms with Gasteiger partial charge in [0.25, 0.3) is 5.56 Å². The zero-order chi connectivity index (χ0) is 22.4. The third-order valence-corrected chi connectivity index (χ3v) is 4.65. The van der Waals surface area contributed by atoms with Gasteiger partial charge in [0.15, 0.2) is 29.7 Å². The van der Waals surface area contributed by atoms with Gasteiger partial charge >= 0.3 is 5.97 Å². The minimum Gasteiger partial charge on any atom is -0.458 e. The van der Waals surface area contributed by atoms with Crippen molar-refractivity contribution in [3.8, 4) is 0 Å². The highest BCUT2D eigenvalue weighted by atomic mass is 19.1. The van der Waals surface area contributed by atoms with Crippen molar-refractivity contribution in [2.24, 2.45) is 11.8 Å². The molecule has 10 nitrogen and oxygen atoms in total. The van der Waals surface area contributed by atoms with Crippen LogP contribution < -0.4 is 10.9 Å². The predicted molar refractivity (Wildman–Crippen MR) is 105 cm³/mol. The van der Waals surface area contributed by atoms with E-state index in [4.69, 9.17) is 9.47 Å². The van der Waals surface area contributed by atoms with Crippen molar-refractivity contribution in [2.45, 2.75) is 65.6 Å². The summed E-state index contributed by atoms with van der Waals surface area (Å²) in [5.74, 6) is -2.22. The number of nitrogens with zero attached hydrogens (tertiary/aromatic N) is 3. The lowest BCUT2D eigenvalue weighted by Crippen LogP contribution is -2.35. The van der Waals surface area contributed by atoms with Gasteiger partial charge in [-0.2, -0.15) is 4.98 Å². The lowest BCUT2D eigenvalue weighted by Gasteiger charge is -2.23. The van der Waals surface area contributed by atoms with E-state index in [1.54, 1.807) is 41.5 Å². The van der Waals surface area contributed by atoms with Crippen molar-refractivity contribution in [3.05, 3.63) is 16.7 Å². The molecule has 3 rings (SSSR count). The molecule has 0 unspecified atom stereocenters. The Morgan fingerprint density at radius 2 is 2.03 bits per heavy atom. The SMILES string of the molecule is CC(C)C(=O)Nc1nc2c(ncn2[C@@H]2O[C@H](C(=O)OC(C)(C)C)[C@@H](C)[C@H]2F)c(=O)[nH]1. The summed E-state index contributed by atoms with van der Waals surface area (Å²) in [5.41, 5.74) is -1.35. The first-order valence-corrected chi connectivity index (χ1v) is 9.69. The molecule has 1 aliphatic heterocycles. The molecule has 164 valence electrons. The fourth-order valence-corrected chi connectivity index (χ4v) is 3.06. The molecule has 2 aromatic heterocycles. The van der Waals surface area contributed by atoms with Crippen LogP contribution in [0.25, 0.3) is 11.2 Å². The molecule has 1 saturated heterocycles. The zero-order valence-corrected chi connectivity index (χ0v) is 17.7. The molecule has 4 atom stereocenters. The maximum absolute atomic E-state index is 15.1. The van der Waals surface area contributed by atoms with E-state index in [2.05, 4.69) is 20.3 Å². The molecule has 0 radical (unpaired) electrons. The minimum atomic E-state index is -1.57. The Hall–Kier alpha value is -2.82. The molecule has 30 heavy (non-hydrogen) atoms. The van der Waals surface area contributed by atoms with Crippen LogP contribution in [0.1, 0.15) is 47.8 Å². The Bertz CT molecular complexity index is 1020. The highest BCUT2D eigenvalue weighted by Crippen LogP contribution is 2.38. The number of aromatic amines is 1. The second kappa shape index (κ2) is 7.78. The minimum absolute atomic E-state index is 0.0301. The number of hydrogen-bond donors (Lipinski definition) is 2. The molecule has 11 heteroatoms. The highest BCUT2D eigenvalue weighted by Gasteiger charge is 2.48. The molecular formula is C19H26FN5O5. The van der Waals surface area contributed by atoms with Crippen LogP contribution in [0.2, 0.25) is 0 Å². The van der Waals surface area contributed by atoms with Crippen molar-refractivity contribution < 1.29 is 23.5 Å². The summed E-state index contributed by atoms with van der Waals surface area (Å²) in [6.07, 6.45) is -2.70. The van der Waals surface area contributed by atoms with Crippen LogP contribution in [0.5, 0.6) is 0 Å². The largest absolute Gasteiger partial charge is 0.458 e. The quantitative estimate of drug-likeness (QED) is 0.719. The summed E-state index contributed by atoms with van der Waals surface area (Å²) in [7, 11) is 0. The number of fused-ring (bicyclic) bond motifs is 1. The van der Waals surface area contributed by atoms with Crippen molar-refractivity contribution in [3.63, 3.8) is 0 Å². The van der Waals surface area contributed by atoms with E-state index in [9.17, 15) is 14.4 Å². The molecule has 0 aromatic carbocycles. The van der Waals surface area contributed by atoms with E-state index in [-0.39, 0.29) is 28.9 Å². The van der Waals surface area contributed by atoms with Crippen LogP contribution in [-0.2, 0) is 19.1 Å². The number of carbonyl (C=O) groups is 2. The first-order chi connectivity index (χ1) is 13.9. The second-order valence-corrected chi connectivity index (χ2v) is 8.67. The van der Waals surface area contributed by atoms with E-state index in [1.165, 1.54) is 10.9 Å². The normalized spacial score (nSPS) is 24.4. The molecule has 1 fully saturated rings. The first kappa shape index (κ1) is 21.9. The number of H-pyrrole nitrogens is 1. The van der Waals surface area contributed by atoms with Crippen molar-refractivity contribution in [1.29, 1.82) is 0 Å². The van der Waals surface area contributed by atoms with Gasteiger partial charge in [0, 0.05) is 11.8 Å². The van der Waals surface area contributed by atoms with E-state index >= 15 is 4.39 Å². The summed E-state index contributed by atoms with van der Waals surface area (Å²) in [4.78, 5) is 47.3. The van der Waals surface area contributed by atoms with Crippen molar-refractivity contribution >= 4 is 29.0 Å². The number of rotatable bonds is 4. The molecule has 2 aromatic rings. The third kappa shape index (κ3) is 4.20. The van der Waals surface area contributed by atoms with Gasteiger partial charge in [-0.05, 0) is 20.8 Å². The smallest absolute Gasteiger partial charge is 0.336 e. The first-order valence-electron chi connectivity index (χ1n) is 9.69. The Labute approximate surface area is 172 Å². The Kier molecular flexibility index (Phi) is 5.68. The van der Waals surface area contributed by atoms with Crippen LogP contribution in [0.15, 0.2) is 11.1 Å². The van der Waals surface area contributed by atoms with Crippen LogP contribution in [0, 0.1) is 11.8 Å². The highest BCUT2D eigenvalue weighted by molar-refractivity contribution is 5.91. The number of amides is 1. The monoisotopic (exact) mass is 423 g/mol. The van der Waals surface area contributed by atoms with Gasteiger partial charge in [-0.25, -0.2) is 14.2 Å². The van der Waals surface area contributed by atoms with E-state index < -0.39 is 41.6 Å². The van der Waals surface area contributed by atoms with Crippen LogP contribution in [0.3, 0.4) is 0 Å². The zero-order valence-electron chi connectivity index (χ0n) is 17.7. The second-order valence-electron chi connectivity index (χ2n) is 8.67. The van der Waals surface area contributed by atoms with Gasteiger partial charge in [-0.1, -0.05) is 20.8 Å². The van der Waals surface area contributed by atoms with Gasteiger partial charge in [0.1, 0.15) is 5.60 Å². The Balaban J connectivity index is 1.94. The van der Waals surface area contributed by atoms with Crippen molar-refractivity contribution in [1.82, 2.24) is 19.5 Å². The average Bonchev–Trinajstić information content (AvgIpc) is 3.15. The van der Waals surface area contributed by atoms with Crippen molar-refractivity contribution in [2.75, 3.05) is 5.32 Å². The summed E-state index contributed by atoms with van der Waals surface area (Å²) in [5, 5.41) is 2.50. The van der Waals surface area contributed by atoms with Gasteiger partial charge in [-0.3, -0.25) is 24.5 Å². The lowest BCUT2D eigenvalue weighted by atomic mass is 10.0. The number of alkyl halides is 1. The number of ether oxygens (including phenoxy) is 2. The summed E-state index contributed by atoms with van der Waals surface area (Å²) < 4.78 is 27.3. The molecule has 0 spiro atoms. The molecule has 0 saturated carbocycles. The molecule has 1 aliphatic rings. The molecule has 2 N–H and O–H groups in total. The fourth-order valence-electron chi connectivity index (χ4n) is 3.06. The van der Waals surface area contributed by atoms with Gasteiger partial charge in [0.05, 0.1) is 6.33 Å². The standard InChI is InChI=1S/C19H26FN5O5/c1-8(2)14(26)23-18-22-13-11(15(27)24-18)21-7-25(13)16-10(20)9(3)12(29-16)17(28)30-19(4,5)6/h7-10,12,16H,1-6H3,(H2,22,23,24,26,27)/t9-,10+,12-,16+/m0/s1. The molecule has 3 heterocycles. The summed E-state index contributed by atoms with van der Waals surface area (Å²) >= 11 is 0. The number of anilines is 1. The average molecular weight is 423 g/mol.